The number of ether oxygens (including phenoxy) is 1. The van der Waals surface area contributed by atoms with Gasteiger partial charge in [-0.25, -0.2) is 4.79 Å². The van der Waals surface area contributed by atoms with E-state index in [1.54, 1.807) is 0 Å². The van der Waals surface area contributed by atoms with E-state index in [1.807, 2.05) is 0 Å². The molecule has 0 radical (unpaired) electrons. The summed E-state index contributed by atoms with van der Waals surface area (Å²) >= 11 is 5.33. The molecule has 0 aliphatic heterocycles. The first-order valence-electron chi connectivity index (χ1n) is 5.95. The number of rotatable bonds is 6. The van der Waals surface area contributed by atoms with Gasteiger partial charge in [0.05, 0.1) is 5.88 Å². The molecule has 0 heterocycles. The third-order valence-corrected chi connectivity index (χ3v) is 2.48. The zero-order valence-electron chi connectivity index (χ0n) is 10.9. The highest BCUT2D eigenvalue weighted by atomic mass is 35.5. The van der Waals surface area contributed by atoms with Crippen molar-refractivity contribution in [3.8, 4) is 17.2 Å². The minimum absolute atomic E-state index is 0.0347. The Morgan fingerprint density at radius 3 is 2.24 bits per heavy atom. The topological polar surface area (TPSA) is 128 Å². The Bertz CT molecular complexity index is 499. The number of carbonyl (C=O) groups excluding carboxylic acids is 2. The molecular weight excluding hydrogens is 304 g/mol. The van der Waals surface area contributed by atoms with Crippen LogP contribution in [0.2, 0.25) is 0 Å². The van der Waals surface area contributed by atoms with Crippen molar-refractivity contribution in [1.29, 1.82) is 0 Å². The molecule has 0 bridgehead atoms. The maximum Gasteiger partial charge on any atom is 0.407 e. The fourth-order valence-electron chi connectivity index (χ4n) is 1.36. The van der Waals surface area contributed by atoms with Gasteiger partial charge in [0.2, 0.25) is 0 Å². The van der Waals surface area contributed by atoms with E-state index in [2.05, 4.69) is 15.4 Å². The Morgan fingerprint density at radius 2 is 1.67 bits per heavy atom. The van der Waals surface area contributed by atoms with Crippen molar-refractivity contribution >= 4 is 23.6 Å². The molecule has 0 spiro atoms. The lowest BCUT2D eigenvalue weighted by molar-refractivity contribution is 0.0951. The van der Waals surface area contributed by atoms with E-state index in [4.69, 9.17) is 16.7 Å². The highest BCUT2D eigenvalue weighted by molar-refractivity contribution is 6.18. The van der Waals surface area contributed by atoms with Crippen LogP contribution in [0, 0.1) is 0 Å². The zero-order valence-corrected chi connectivity index (χ0v) is 11.7. The minimum Gasteiger partial charge on any atom is -0.504 e. The summed E-state index contributed by atoms with van der Waals surface area (Å²) < 4.78 is 4.64. The molecule has 1 aromatic rings. The van der Waals surface area contributed by atoms with Gasteiger partial charge in [-0.3, -0.25) is 4.79 Å². The van der Waals surface area contributed by atoms with Gasteiger partial charge >= 0.3 is 6.09 Å². The number of nitrogens with one attached hydrogen (secondary N) is 2. The molecule has 0 aliphatic carbocycles. The number of hydrogen-bond donors (Lipinski definition) is 5. The van der Waals surface area contributed by atoms with E-state index < -0.39 is 29.2 Å². The van der Waals surface area contributed by atoms with Gasteiger partial charge in [0.1, 0.15) is 6.61 Å². The van der Waals surface area contributed by atoms with Crippen LogP contribution in [-0.2, 0) is 4.74 Å². The summed E-state index contributed by atoms with van der Waals surface area (Å²) in [5, 5.41) is 32.5. The highest BCUT2D eigenvalue weighted by Gasteiger charge is 2.13. The third-order valence-electron chi connectivity index (χ3n) is 2.32. The number of phenols is 3. The average Bonchev–Trinajstić information content (AvgIpc) is 2.46. The Morgan fingerprint density at radius 1 is 1.10 bits per heavy atom. The number of alkyl halides is 1. The summed E-state index contributed by atoms with van der Waals surface area (Å²) in [6.07, 6.45) is -0.648. The molecule has 1 rings (SSSR count). The van der Waals surface area contributed by atoms with Gasteiger partial charge in [-0.05, 0) is 12.1 Å². The molecule has 0 aliphatic rings. The van der Waals surface area contributed by atoms with Crippen LogP contribution in [0.4, 0.5) is 4.79 Å². The van der Waals surface area contributed by atoms with Crippen LogP contribution in [0.5, 0.6) is 17.2 Å². The molecule has 2 amide bonds. The average molecular weight is 319 g/mol. The van der Waals surface area contributed by atoms with Crippen LogP contribution in [-0.4, -0.2) is 52.9 Å². The van der Waals surface area contributed by atoms with Crippen molar-refractivity contribution in [3.05, 3.63) is 17.7 Å². The summed E-state index contributed by atoms with van der Waals surface area (Å²) in [4.78, 5) is 22.7. The van der Waals surface area contributed by atoms with Gasteiger partial charge in [-0.15, -0.1) is 11.6 Å². The van der Waals surface area contributed by atoms with Crippen molar-refractivity contribution in [3.63, 3.8) is 0 Å². The monoisotopic (exact) mass is 318 g/mol. The highest BCUT2D eigenvalue weighted by Crippen LogP contribution is 2.35. The molecule has 116 valence electrons. The van der Waals surface area contributed by atoms with E-state index in [-0.39, 0.29) is 31.1 Å². The number of benzene rings is 1. The maximum atomic E-state index is 11.7. The van der Waals surface area contributed by atoms with E-state index in [9.17, 15) is 19.8 Å². The van der Waals surface area contributed by atoms with Crippen LogP contribution >= 0.6 is 11.6 Å². The van der Waals surface area contributed by atoms with Crippen LogP contribution in [0.1, 0.15) is 10.4 Å². The number of alkyl carbamates (subject to hydrolysis) is 1. The van der Waals surface area contributed by atoms with Crippen LogP contribution in [0.25, 0.3) is 0 Å². The quantitative estimate of drug-likeness (QED) is 0.295. The Kier molecular flexibility index (Phi) is 6.41. The summed E-state index contributed by atoms with van der Waals surface area (Å²) in [5.41, 5.74) is -0.0347. The molecule has 0 fully saturated rings. The molecule has 9 heteroatoms. The first kappa shape index (κ1) is 16.7. The number of hydrogen-bond acceptors (Lipinski definition) is 6. The van der Waals surface area contributed by atoms with Gasteiger partial charge in [0, 0.05) is 18.7 Å². The summed E-state index contributed by atoms with van der Waals surface area (Å²) in [6.45, 7) is 0.325. The third kappa shape index (κ3) is 5.27. The standard InChI is InChI=1S/C12H15ClN2O6/c13-1-4-21-12(20)15-3-2-14-11(19)7-5-8(16)10(18)9(17)6-7/h5-6,16-18H,1-4H2,(H,14,19)(H,15,20). The Balaban J connectivity index is 2.39. The van der Waals surface area contributed by atoms with Crippen LogP contribution in [0.3, 0.4) is 0 Å². The molecule has 1 aromatic carbocycles. The first-order valence-corrected chi connectivity index (χ1v) is 6.49. The molecule has 0 aromatic heterocycles. The molecule has 5 N–H and O–H groups in total. The number of carbonyl (C=O) groups is 2. The van der Waals surface area contributed by atoms with E-state index in [1.165, 1.54) is 0 Å². The van der Waals surface area contributed by atoms with Crippen molar-refractivity contribution in [2.45, 2.75) is 0 Å². The number of amides is 2. The van der Waals surface area contributed by atoms with E-state index in [0.29, 0.717) is 0 Å². The molecule has 0 unspecified atom stereocenters. The van der Waals surface area contributed by atoms with Gasteiger partial charge in [0.15, 0.2) is 17.2 Å². The summed E-state index contributed by atoms with van der Waals surface area (Å²) in [7, 11) is 0. The van der Waals surface area contributed by atoms with Gasteiger partial charge in [-0.2, -0.15) is 0 Å². The molecular formula is C12H15ClN2O6. The van der Waals surface area contributed by atoms with E-state index in [0.717, 1.165) is 12.1 Å². The second kappa shape index (κ2) is 8.05. The van der Waals surface area contributed by atoms with Gasteiger partial charge in [-0.1, -0.05) is 0 Å². The first-order chi connectivity index (χ1) is 9.95. The predicted octanol–water partition coefficient (Wildman–Crippen LogP) is 0.498. The number of halogens is 1. The zero-order chi connectivity index (χ0) is 15.8. The maximum absolute atomic E-state index is 11.7. The van der Waals surface area contributed by atoms with E-state index >= 15 is 0 Å². The van der Waals surface area contributed by atoms with Crippen LogP contribution < -0.4 is 10.6 Å². The number of aromatic hydroxyl groups is 3. The summed E-state index contributed by atoms with van der Waals surface area (Å²) in [6, 6.07) is 2.01. The molecule has 0 saturated heterocycles. The van der Waals surface area contributed by atoms with Crippen molar-refractivity contribution in [2.75, 3.05) is 25.6 Å². The number of phenolic OH excluding ortho intramolecular Hbond substituents is 3. The predicted molar refractivity (Wildman–Crippen MR) is 73.8 cm³/mol. The molecule has 0 saturated carbocycles. The summed E-state index contributed by atoms with van der Waals surface area (Å²) in [5.74, 6) is -2.31. The second-order valence-corrected chi connectivity index (χ2v) is 4.25. The molecule has 21 heavy (non-hydrogen) atoms. The van der Waals surface area contributed by atoms with Crippen molar-refractivity contribution in [1.82, 2.24) is 10.6 Å². The minimum atomic E-state index is -0.699. The molecule has 0 atom stereocenters. The van der Waals surface area contributed by atoms with Crippen molar-refractivity contribution in [2.24, 2.45) is 0 Å². The van der Waals surface area contributed by atoms with Crippen molar-refractivity contribution < 1.29 is 29.6 Å². The second-order valence-electron chi connectivity index (χ2n) is 3.87. The SMILES string of the molecule is O=C(NCCNC(=O)c1cc(O)c(O)c(O)c1)OCCCl. The van der Waals surface area contributed by atoms with Gasteiger partial charge < -0.3 is 30.7 Å². The van der Waals surface area contributed by atoms with Gasteiger partial charge in [0.25, 0.3) is 5.91 Å². The smallest absolute Gasteiger partial charge is 0.407 e. The largest absolute Gasteiger partial charge is 0.504 e. The lowest BCUT2D eigenvalue weighted by Gasteiger charge is -2.08. The Hall–Kier alpha value is -2.35. The lowest BCUT2D eigenvalue weighted by atomic mass is 10.1. The fourth-order valence-corrected chi connectivity index (χ4v) is 1.44. The Labute approximate surface area is 125 Å². The van der Waals surface area contributed by atoms with Crippen LogP contribution in [0.15, 0.2) is 12.1 Å². The fraction of sp³-hybridized carbons (Fsp3) is 0.333. The normalized spacial score (nSPS) is 9.95. The lowest BCUT2D eigenvalue weighted by Crippen LogP contribution is -2.35. The molecule has 8 nitrogen and oxygen atoms in total.